The van der Waals surface area contributed by atoms with E-state index in [2.05, 4.69) is 32.6 Å². The van der Waals surface area contributed by atoms with Gasteiger partial charge in [-0.15, -0.1) is 0 Å². The van der Waals surface area contributed by atoms with Crippen LogP contribution in [0.25, 0.3) is 10.2 Å². The normalized spacial score (nSPS) is 11.9. The second-order valence-electron chi connectivity index (χ2n) is 9.79. The van der Waals surface area contributed by atoms with E-state index in [1.165, 1.54) is 11.3 Å². The first-order valence-corrected chi connectivity index (χ1v) is 16.7. The number of carbonyl (C=O) groups is 1. The van der Waals surface area contributed by atoms with Gasteiger partial charge in [-0.2, -0.15) is 4.31 Å². The lowest BCUT2D eigenvalue weighted by Gasteiger charge is -2.25. The smallest absolute Gasteiger partial charge is 0.260 e. The highest BCUT2D eigenvalue weighted by Crippen LogP contribution is 2.37. The maximum atomic E-state index is 13.9. The van der Waals surface area contributed by atoms with Gasteiger partial charge < -0.3 is 14.4 Å². The highest BCUT2D eigenvalue weighted by Gasteiger charge is 2.26. The number of hydrogen-bond acceptors (Lipinski definition) is 8. The summed E-state index contributed by atoms with van der Waals surface area (Å²) in [5.74, 6) is 0.939. The number of benzene rings is 2. The number of likely N-dealkylation sites (N-methyl/N-ethyl adjacent to an activating group) is 1. The van der Waals surface area contributed by atoms with Gasteiger partial charge in [0.25, 0.3) is 5.91 Å². The molecule has 0 saturated heterocycles. The van der Waals surface area contributed by atoms with E-state index in [0.29, 0.717) is 53.9 Å². The fourth-order valence-electron chi connectivity index (χ4n) is 4.52. The Balaban J connectivity index is 1.95. The van der Waals surface area contributed by atoms with Gasteiger partial charge in [0.1, 0.15) is 0 Å². The van der Waals surface area contributed by atoms with Crippen molar-refractivity contribution in [3.63, 3.8) is 0 Å². The average molecular weight is 605 g/mol. The van der Waals surface area contributed by atoms with E-state index in [-0.39, 0.29) is 10.8 Å². The van der Waals surface area contributed by atoms with Crippen molar-refractivity contribution in [3.8, 4) is 11.5 Å². The Labute approximate surface area is 249 Å². The maximum absolute atomic E-state index is 13.9. The third kappa shape index (κ3) is 7.97. The summed E-state index contributed by atoms with van der Waals surface area (Å²) < 4.78 is 40.2. The summed E-state index contributed by atoms with van der Waals surface area (Å²) in [6.07, 6.45) is 3.45. The monoisotopic (exact) mass is 604 g/mol. The van der Waals surface area contributed by atoms with Crippen LogP contribution < -0.4 is 14.4 Å². The van der Waals surface area contributed by atoms with Gasteiger partial charge in [0.05, 0.1) is 29.3 Å². The van der Waals surface area contributed by atoms with Crippen molar-refractivity contribution in [1.29, 1.82) is 0 Å². The summed E-state index contributed by atoms with van der Waals surface area (Å²) in [4.78, 5) is 22.8. The van der Waals surface area contributed by atoms with E-state index in [4.69, 9.17) is 14.5 Å². The first-order valence-electron chi connectivity index (χ1n) is 14.4. The van der Waals surface area contributed by atoms with Gasteiger partial charge in [0.15, 0.2) is 16.6 Å². The maximum Gasteiger partial charge on any atom is 0.260 e. The van der Waals surface area contributed by atoms with Gasteiger partial charge in [-0.05, 0) is 50.2 Å². The molecular formula is C30H44N4O5S2. The molecule has 0 fully saturated rings. The molecule has 3 aromatic rings. The number of fused-ring (bicyclic) bond motifs is 1. The van der Waals surface area contributed by atoms with Crippen LogP contribution in [-0.2, 0) is 10.0 Å². The number of sulfonamides is 1. The topological polar surface area (TPSA) is 92.3 Å². The van der Waals surface area contributed by atoms with E-state index >= 15 is 0 Å². The van der Waals surface area contributed by atoms with Crippen molar-refractivity contribution < 1.29 is 22.7 Å². The summed E-state index contributed by atoms with van der Waals surface area (Å²) in [5, 5.41) is 0.564. The van der Waals surface area contributed by atoms with E-state index in [9.17, 15) is 13.2 Å². The fourth-order valence-corrected chi connectivity index (χ4v) is 7.04. The number of rotatable bonds is 17. The number of aromatic nitrogens is 1. The molecule has 0 N–H and O–H groups in total. The molecular weight excluding hydrogens is 560 g/mol. The zero-order valence-electron chi connectivity index (χ0n) is 25.2. The molecule has 3 rings (SSSR count). The number of methoxy groups -OCH3 is 2. The van der Waals surface area contributed by atoms with Crippen LogP contribution in [0.4, 0.5) is 5.13 Å². The molecule has 0 aliphatic heterocycles. The molecule has 1 aromatic heterocycles. The van der Waals surface area contributed by atoms with Crippen molar-refractivity contribution >= 4 is 42.6 Å². The standard InChI is InChI=1S/C30H44N4O5S2/c1-7-11-17-33(18-12-8-2)41(36,37)24-15-13-23(14-16-24)29(35)34(20-19-32(9-3)10-4)30-31-25-21-26(38-5)27(39-6)22-28(25)40-30/h13-16,21-22H,7-12,17-20H2,1-6H3. The average Bonchev–Trinajstić information content (AvgIpc) is 3.40. The van der Waals surface area contributed by atoms with E-state index in [0.717, 1.165) is 43.5 Å². The van der Waals surface area contributed by atoms with Crippen LogP contribution in [0.3, 0.4) is 0 Å². The second kappa shape index (κ2) is 15.5. The van der Waals surface area contributed by atoms with Crippen LogP contribution in [0, 0.1) is 0 Å². The molecule has 0 aliphatic carbocycles. The Morgan fingerprint density at radius 3 is 1.98 bits per heavy atom. The summed E-state index contributed by atoms with van der Waals surface area (Å²) >= 11 is 1.41. The van der Waals surface area contributed by atoms with Gasteiger partial charge >= 0.3 is 0 Å². The summed E-state index contributed by atoms with van der Waals surface area (Å²) in [6.45, 7) is 12.1. The van der Waals surface area contributed by atoms with Gasteiger partial charge in [-0.25, -0.2) is 13.4 Å². The minimum atomic E-state index is -3.65. The lowest BCUT2D eigenvalue weighted by Crippen LogP contribution is -2.39. The lowest BCUT2D eigenvalue weighted by atomic mass is 10.2. The summed E-state index contributed by atoms with van der Waals surface area (Å²) in [6, 6.07) is 9.98. The molecule has 2 aromatic carbocycles. The third-order valence-corrected chi connectivity index (χ3v) is 10.1. The molecule has 9 nitrogen and oxygen atoms in total. The zero-order chi connectivity index (χ0) is 30.0. The van der Waals surface area contributed by atoms with Crippen LogP contribution >= 0.6 is 11.3 Å². The van der Waals surface area contributed by atoms with Crippen LogP contribution in [0.1, 0.15) is 63.7 Å². The number of thiazole rings is 1. The number of amides is 1. The van der Waals surface area contributed by atoms with Gasteiger partial charge in [-0.1, -0.05) is 51.9 Å². The zero-order valence-corrected chi connectivity index (χ0v) is 26.8. The third-order valence-electron chi connectivity index (χ3n) is 7.15. The van der Waals surface area contributed by atoms with Crippen molar-refractivity contribution in [3.05, 3.63) is 42.0 Å². The van der Waals surface area contributed by atoms with Crippen molar-refractivity contribution in [1.82, 2.24) is 14.2 Å². The minimum absolute atomic E-state index is 0.204. The Bertz CT molecular complexity index is 1320. The summed E-state index contributed by atoms with van der Waals surface area (Å²) in [5.41, 5.74) is 1.12. The predicted octanol–water partition coefficient (Wildman–Crippen LogP) is 5.89. The minimum Gasteiger partial charge on any atom is -0.493 e. The first-order chi connectivity index (χ1) is 19.7. The Kier molecular flexibility index (Phi) is 12.4. The highest BCUT2D eigenvalue weighted by molar-refractivity contribution is 7.89. The molecule has 1 heterocycles. The second-order valence-corrected chi connectivity index (χ2v) is 12.7. The number of carbonyl (C=O) groups excluding carboxylic acids is 1. The molecule has 0 spiro atoms. The predicted molar refractivity (Wildman–Crippen MR) is 167 cm³/mol. The number of hydrogen-bond donors (Lipinski definition) is 0. The fraction of sp³-hybridized carbons (Fsp3) is 0.533. The highest BCUT2D eigenvalue weighted by atomic mass is 32.2. The SMILES string of the molecule is CCCCN(CCCC)S(=O)(=O)c1ccc(C(=O)N(CCN(CC)CC)c2nc3cc(OC)c(OC)cc3s2)cc1. The molecule has 11 heteroatoms. The largest absolute Gasteiger partial charge is 0.493 e. The van der Waals surface area contributed by atoms with Crippen molar-refractivity contribution in [2.45, 2.75) is 58.3 Å². The lowest BCUT2D eigenvalue weighted by molar-refractivity contribution is 0.0983. The van der Waals surface area contributed by atoms with Crippen LogP contribution in [-0.4, -0.2) is 82.0 Å². The van der Waals surface area contributed by atoms with Crippen LogP contribution in [0.2, 0.25) is 0 Å². The quantitative estimate of drug-likeness (QED) is 0.190. The number of nitrogens with zero attached hydrogens (tertiary/aromatic N) is 4. The first kappa shape index (κ1) is 32.8. The summed E-state index contributed by atoms with van der Waals surface area (Å²) in [7, 11) is -0.489. The molecule has 226 valence electrons. The van der Waals surface area contributed by atoms with E-state index in [1.807, 2.05) is 12.1 Å². The molecule has 0 bridgehead atoms. The number of unbranched alkanes of at least 4 members (excludes halogenated alkanes) is 2. The Morgan fingerprint density at radius 2 is 1.44 bits per heavy atom. The molecule has 41 heavy (non-hydrogen) atoms. The molecule has 0 aliphatic rings. The van der Waals surface area contributed by atoms with E-state index in [1.54, 1.807) is 47.7 Å². The Hall–Kier alpha value is -2.73. The molecule has 1 amide bonds. The van der Waals surface area contributed by atoms with Gasteiger partial charge in [0, 0.05) is 43.9 Å². The molecule has 0 radical (unpaired) electrons. The van der Waals surface area contributed by atoms with Gasteiger partial charge in [0.2, 0.25) is 10.0 Å². The Morgan fingerprint density at radius 1 is 0.854 bits per heavy atom. The number of ether oxygens (including phenoxy) is 2. The van der Waals surface area contributed by atoms with Crippen molar-refractivity contribution in [2.24, 2.45) is 0 Å². The van der Waals surface area contributed by atoms with Crippen LogP contribution in [0.15, 0.2) is 41.3 Å². The molecule has 0 unspecified atom stereocenters. The number of anilines is 1. The van der Waals surface area contributed by atoms with E-state index < -0.39 is 10.0 Å². The van der Waals surface area contributed by atoms with Crippen LogP contribution in [0.5, 0.6) is 11.5 Å². The molecule has 0 atom stereocenters. The molecule has 0 saturated carbocycles. The van der Waals surface area contributed by atoms with Gasteiger partial charge in [-0.3, -0.25) is 9.69 Å². The van der Waals surface area contributed by atoms with Crippen molar-refractivity contribution in [2.75, 3.05) is 58.4 Å².